The first-order chi connectivity index (χ1) is 10.6. The zero-order chi connectivity index (χ0) is 15.3. The third kappa shape index (κ3) is 1.88. The minimum Gasteiger partial charge on any atom is -0.454 e. The summed E-state index contributed by atoms with van der Waals surface area (Å²) in [5.41, 5.74) is 13.4. The lowest BCUT2D eigenvalue weighted by atomic mass is 10.2. The van der Waals surface area contributed by atoms with Crippen molar-refractivity contribution in [3.05, 3.63) is 35.0 Å². The highest BCUT2D eigenvalue weighted by molar-refractivity contribution is 5.95. The molecule has 1 amide bonds. The maximum absolute atomic E-state index is 12.6. The van der Waals surface area contributed by atoms with Gasteiger partial charge in [-0.1, -0.05) is 0 Å². The van der Waals surface area contributed by atoms with Crippen molar-refractivity contribution in [2.45, 2.75) is 13.1 Å². The number of hydrogen-bond donors (Lipinski definition) is 2. The van der Waals surface area contributed by atoms with Gasteiger partial charge in [0.25, 0.3) is 5.91 Å². The lowest BCUT2D eigenvalue weighted by Crippen LogP contribution is -2.25. The van der Waals surface area contributed by atoms with E-state index in [0.717, 1.165) is 5.56 Å². The first-order valence-corrected chi connectivity index (χ1v) is 6.71. The number of anilines is 2. The van der Waals surface area contributed by atoms with Crippen molar-refractivity contribution >= 4 is 17.7 Å². The van der Waals surface area contributed by atoms with Crippen LogP contribution in [0.3, 0.4) is 0 Å². The van der Waals surface area contributed by atoms with E-state index < -0.39 is 0 Å². The quantitative estimate of drug-likeness (QED) is 0.788. The molecular formula is C14H13N5O3. The maximum Gasteiger partial charge on any atom is 0.254 e. The number of fused-ring (bicyclic) bond motifs is 2. The molecule has 1 aromatic heterocycles. The summed E-state index contributed by atoms with van der Waals surface area (Å²) in [6.45, 7) is 0.905. The third-order valence-corrected chi connectivity index (χ3v) is 3.74. The molecule has 8 nitrogen and oxygen atoms in total. The van der Waals surface area contributed by atoms with Crippen molar-refractivity contribution in [3.8, 4) is 11.5 Å². The first-order valence-electron chi connectivity index (χ1n) is 6.71. The molecule has 0 fully saturated rings. The lowest BCUT2D eigenvalue weighted by Gasteiger charge is -2.15. The molecule has 0 atom stereocenters. The van der Waals surface area contributed by atoms with Crippen LogP contribution in [0.25, 0.3) is 0 Å². The SMILES string of the molecule is Nc1nc(N)c2c(n1)CN(C(=O)c1ccc3c(c1)OCO3)C2. The van der Waals surface area contributed by atoms with Crippen LogP contribution in [-0.2, 0) is 13.1 Å². The molecule has 2 aromatic rings. The van der Waals surface area contributed by atoms with E-state index in [1.54, 1.807) is 23.1 Å². The van der Waals surface area contributed by atoms with E-state index in [2.05, 4.69) is 9.97 Å². The molecule has 112 valence electrons. The van der Waals surface area contributed by atoms with E-state index in [4.69, 9.17) is 20.9 Å². The first kappa shape index (κ1) is 12.7. The van der Waals surface area contributed by atoms with Crippen LogP contribution in [0.2, 0.25) is 0 Å². The van der Waals surface area contributed by atoms with Crippen molar-refractivity contribution in [1.29, 1.82) is 0 Å². The number of nitrogens with two attached hydrogens (primary N) is 2. The summed E-state index contributed by atoms with van der Waals surface area (Å²) in [7, 11) is 0. The third-order valence-electron chi connectivity index (χ3n) is 3.74. The number of nitrogens with zero attached hydrogens (tertiary/aromatic N) is 3. The van der Waals surface area contributed by atoms with E-state index in [9.17, 15) is 4.79 Å². The van der Waals surface area contributed by atoms with E-state index in [-0.39, 0.29) is 18.6 Å². The van der Waals surface area contributed by atoms with Gasteiger partial charge in [0.05, 0.1) is 18.8 Å². The molecule has 2 aliphatic rings. The fourth-order valence-electron chi connectivity index (χ4n) is 2.66. The van der Waals surface area contributed by atoms with Crippen LogP contribution in [0.1, 0.15) is 21.6 Å². The summed E-state index contributed by atoms with van der Waals surface area (Å²) in [5, 5.41) is 0. The van der Waals surface area contributed by atoms with Gasteiger partial charge in [0, 0.05) is 11.1 Å². The summed E-state index contributed by atoms with van der Waals surface area (Å²) in [6.07, 6.45) is 0. The van der Waals surface area contributed by atoms with Gasteiger partial charge >= 0.3 is 0 Å². The predicted octanol–water partition coefficient (Wildman–Crippen LogP) is 0.526. The second-order valence-corrected chi connectivity index (χ2v) is 5.12. The molecule has 22 heavy (non-hydrogen) atoms. The summed E-state index contributed by atoms with van der Waals surface area (Å²) in [4.78, 5) is 22.3. The average Bonchev–Trinajstić information content (AvgIpc) is 3.11. The van der Waals surface area contributed by atoms with Gasteiger partial charge in [-0.05, 0) is 18.2 Å². The number of benzene rings is 1. The fraction of sp³-hybridized carbons (Fsp3) is 0.214. The maximum atomic E-state index is 12.6. The van der Waals surface area contributed by atoms with Crippen molar-refractivity contribution in [2.75, 3.05) is 18.3 Å². The minimum atomic E-state index is -0.130. The number of hydrogen-bond acceptors (Lipinski definition) is 7. The van der Waals surface area contributed by atoms with Crippen LogP contribution in [-0.4, -0.2) is 27.6 Å². The van der Waals surface area contributed by atoms with E-state index >= 15 is 0 Å². The number of nitrogen functional groups attached to an aromatic ring is 2. The zero-order valence-corrected chi connectivity index (χ0v) is 11.6. The highest BCUT2D eigenvalue weighted by Gasteiger charge is 2.29. The molecule has 4 N–H and O–H groups in total. The molecule has 2 aliphatic heterocycles. The Labute approximate surface area is 125 Å². The number of carbonyl (C=O) groups is 1. The Morgan fingerprint density at radius 1 is 1.14 bits per heavy atom. The second-order valence-electron chi connectivity index (χ2n) is 5.12. The van der Waals surface area contributed by atoms with Crippen LogP contribution in [0.5, 0.6) is 11.5 Å². The molecule has 0 aliphatic carbocycles. The Morgan fingerprint density at radius 2 is 1.95 bits per heavy atom. The largest absolute Gasteiger partial charge is 0.454 e. The number of aromatic nitrogens is 2. The molecule has 0 radical (unpaired) electrons. The molecule has 0 bridgehead atoms. The monoisotopic (exact) mass is 299 g/mol. The molecule has 0 saturated heterocycles. The van der Waals surface area contributed by atoms with Gasteiger partial charge in [-0.2, -0.15) is 4.98 Å². The molecular weight excluding hydrogens is 286 g/mol. The Kier molecular flexibility index (Phi) is 2.59. The van der Waals surface area contributed by atoms with Crippen molar-refractivity contribution in [1.82, 2.24) is 14.9 Å². The average molecular weight is 299 g/mol. The lowest BCUT2D eigenvalue weighted by molar-refractivity contribution is 0.0750. The Balaban J connectivity index is 1.61. The van der Waals surface area contributed by atoms with Crippen molar-refractivity contribution in [3.63, 3.8) is 0 Å². The van der Waals surface area contributed by atoms with Gasteiger partial charge in [-0.3, -0.25) is 4.79 Å². The van der Waals surface area contributed by atoms with Gasteiger partial charge < -0.3 is 25.8 Å². The Morgan fingerprint density at radius 3 is 2.82 bits per heavy atom. The summed E-state index contributed by atoms with van der Waals surface area (Å²) in [5.74, 6) is 1.53. The van der Waals surface area contributed by atoms with E-state index in [1.165, 1.54) is 0 Å². The van der Waals surface area contributed by atoms with Crippen LogP contribution >= 0.6 is 0 Å². The zero-order valence-electron chi connectivity index (χ0n) is 11.6. The van der Waals surface area contributed by atoms with Gasteiger partial charge in [-0.25, -0.2) is 4.98 Å². The highest BCUT2D eigenvalue weighted by atomic mass is 16.7. The molecule has 3 heterocycles. The topological polar surface area (TPSA) is 117 Å². The van der Waals surface area contributed by atoms with Gasteiger partial charge in [0.15, 0.2) is 11.5 Å². The van der Waals surface area contributed by atoms with Gasteiger partial charge in [0.1, 0.15) is 5.82 Å². The summed E-state index contributed by atoms with van der Waals surface area (Å²) >= 11 is 0. The van der Waals surface area contributed by atoms with Gasteiger partial charge in [0.2, 0.25) is 12.7 Å². The van der Waals surface area contributed by atoms with Crippen molar-refractivity contribution < 1.29 is 14.3 Å². The summed E-state index contributed by atoms with van der Waals surface area (Å²) < 4.78 is 10.5. The van der Waals surface area contributed by atoms with Crippen LogP contribution in [0.4, 0.5) is 11.8 Å². The van der Waals surface area contributed by atoms with Crippen molar-refractivity contribution in [2.24, 2.45) is 0 Å². The molecule has 1 aromatic carbocycles. The molecule has 0 unspecified atom stereocenters. The summed E-state index contributed by atoms with van der Waals surface area (Å²) in [6, 6.07) is 5.12. The Hall–Kier alpha value is -3.03. The van der Waals surface area contributed by atoms with Crippen LogP contribution in [0.15, 0.2) is 18.2 Å². The predicted molar refractivity (Wildman–Crippen MR) is 77.0 cm³/mol. The fourth-order valence-corrected chi connectivity index (χ4v) is 2.66. The van der Waals surface area contributed by atoms with Crippen LogP contribution in [0, 0.1) is 0 Å². The Bertz CT molecular complexity index is 792. The molecule has 0 spiro atoms. The number of carbonyl (C=O) groups excluding carboxylic acids is 1. The normalized spacial score (nSPS) is 15.0. The molecule has 8 heteroatoms. The highest BCUT2D eigenvalue weighted by Crippen LogP contribution is 2.34. The standard InChI is InChI=1S/C14H13N5O3/c15-12-8-4-19(5-9(8)17-14(16)18-12)13(20)7-1-2-10-11(3-7)22-6-21-10/h1-3H,4-6H2,(H4,15,16,17,18). The number of amides is 1. The smallest absolute Gasteiger partial charge is 0.254 e. The molecule has 4 rings (SSSR count). The second kappa shape index (κ2) is 4.48. The number of rotatable bonds is 1. The number of ether oxygens (including phenoxy) is 2. The van der Waals surface area contributed by atoms with Crippen LogP contribution < -0.4 is 20.9 Å². The minimum absolute atomic E-state index is 0.119. The van der Waals surface area contributed by atoms with Gasteiger partial charge in [-0.15, -0.1) is 0 Å². The van der Waals surface area contributed by atoms with E-state index in [1.807, 2.05) is 0 Å². The molecule has 0 saturated carbocycles. The van der Waals surface area contributed by atoms with E-state index in [0.29, 0.717) is 41.7 Å².